The Kier molecular flexibility index (Phi) is 6.72. The van der Waals surface area contributed by atoms with Crippen molar-refractivity contribution in [3.63, 3.8) is 0 Å². The van der Waals surface area contributed by atoms with Gasteiger partial charge < -0.3 is 15.4 Å². The van der Waals surface area contributed by atoms with Crippen molar-refractivity contribution in [2.45, 2.75) is 19.3 Å². The molecule has 0 aliphatic carbocycles. The molecule has 2 aromatic rings. The van der Waals surface area contributed by atoms with Gasteiger partial charge in [-0.3, -0.25) is 10.1 Å². The number of alkyl halides is 3. The molecule has 0 atom stereocenters. The first-order chi connectivity index (χ1) is 12.7. The quantitative estimate of drug-likeness (QED) is 0.558. The maximum absolute atomic E-state index is 12.0. The summed E-state index contributed by atoms with van der Waals surface area (Å²) in [6.07, 6.45) is -4.36. The van der Waals surface area contributed by atoms with E-state index in [1.807, 2.05) is 0 Å². The summed E-state index contributed by atoms with van der Waals surface area (Å²) in [5.41, 5.74) is 1.43. The van der Waals surface area contributed by atoms with Crippen LogP contribution in [0.1, 0.15) is 11.1 Å². The van der Waals surface area contributed by atoms with Gasteiger partial charge in [-0.2, -0.15) is 13.2 Å². The fourth-order valence-electron chi connectivity index (χ4n) is 2.09. The van der Waals surface area contributed by atoms with Crippen LogP contribution >= 0.6 is 0 Å². The molecule has 2 amide bonds. The number of urea groups is 1. The molecule has 7 nitrogen and oxygen atoms in total. The van der Waals surface area contributed by atoms with E-state index >= 15 is 0 Å². The van der Waals surface area contributed by atoms with Gasteiger partial charge in [0, 0.05) is 24.4 Å². The minimum absolute atomic E-state index is 0.142. The predicted octanol–water partition coefficient (Wildman–Crippen LogP) is 4.00. The van der Waals surface area contributed by atoms with Crippen molar-refractivity contribution in [2.24, 2.45) is 0 Å². The number of hydrogen-bond acceptors (Lipinski definition) is 4. The molecule has 2 aromatic carbocycles. The van der Waals surface area contributed by atoms with Crippen LogP contribution in [0.3, 0.4) is 0 Å². The van der Waals surface area contributed by atoms with Crippen molar-refractivity contribution in [1.82, 2.24) is 5.32 Å². The number of hydrogen-bond donors (Lipinski definition) is 2. The van der Waals surface area contributed by atoms with Crippen LogP contribution in [0.5, 0.6) is 0 Å². The predicted molar refractivity (Wildman–Crippen MR) is 91.1 cm³/mol. The number of carbonyl (C=O) groups excluding carboxylic acids is 1. The van der Waals surface area contributed by atoms with Crippen LogP contribution in [-0.4, -0.2) is 23.7 Å². The molecule has 2 N–H and O–H groups in total. The molecular weight excluding hydrogens is 367 g/mol. The largest absolute Gasteiger partial charge is 0.411 e. The maximum atomic E-state index is 12.0. The Morgan fingerprint density at radius 3 is 2.41 bits per heavy atom. The number of halogens is 3. The molecular formula is C17H16F3N3O4. The summed E-state index contributed by atoms with van der Waals surface area (Å²) in [5.74, 6) is 0. The van der Waals surface area contributed by atoms with Crippen LogP contribution in [0, 0.1) is 10.1 Å². The fourth-order valence-corrected chi connectivity index (χ4v) is 2.09. The highest BCUT2D eigenvalue weighted by Gasteiger charge is 2.27. The third-order valence-electron chi connectivity index (χ3n) is 3.33. The highest BCUT2D eigenvalue weighted by molar-refractivity contribution is 5.89. The first-order valence-electron chi connectivity index (χ1n) is 7.74. The van der Waals surface area contributed by atoms with E-state index in [4.69, 9.17) is 0 Å². The van der Waals surface area contributed by atoms with Crippen LogP contribution in [0.2, 0.25) is 0 Å². The van der Waals surface area contributed by atoms with E-state index in [-0.39, 0.29) is 24.5 Å². The zero-order chi connectivity index (χ0) is 19.9. The number of carbonyl (C=O) groups is 1. The maximum Gasteiger partial charge on any atom is 0.411 e. The van der Waals surface area contributed by atoms with Gasteiger partial charge in [0.25, 0.3) is 5.69 Å². The van der Waals surface area contributed by atoms with Gasteiger partial charge in [0.2, 0.25) is 0 Å². The number of ether oxygens (including phenoxy) is 1. The lowest BCUT2D eigenvalue weighted by Gasteiger charge is -2.09. The zero-order valence-electron chi connectivity index (χ0n) is 14.0. The van der Waals surface area contributed by atoms with Gasteiger partial charge in [-0.05, 0) is 17.2 Å². The molecule has 10 heteroatoms. The first-order valence-corrected chi connectivity index (χ1v) is 7.74. The van der Waals surface area contributed by atoms with Crippen LogP contribution in [0.15, 0.2) is 48.5 Å². The molecule has 0 aliphatic heterocycles. The molecule has 0 aliphatic rings. The van der Waals surface area contributed by atoms with Crippen molar-refractivity contribution in [3.8, 4) is 0 Å². The Morgan fingerprint density at radius 1 is 1.11 bits per heavy atom. The number of amides is 2. The third kappa shape index (κ3) is 7.32. The average Bonchev–Trinajstić information content (AvgIpc) is 2.60. The van der Waals surface area contributed by atoms with Gasteiger partial charge in [-0.15, -0.1) is 0 Å². The van der Waals surface area contributed by atoms with Gasteiger partial charge in [0.05, 0.1) is 11.5 Å². The summed E-state index contributed by atoms with van der Waals surface area (Å²) < 4.78 is 40.6. The summed E-state index contributed by atoms with van der Waals surface area (Å²) in [5, 5.41) is 15.8. The van der Waals surface area contributed by atoms with E-state index in [0.717, 1.165) is 5.56 Å². The lowest BCUT2D eigenvalue weighted by atomic mass is 10.1. The minimum atomic E-state index is -4.36. The molecule has 0 bridgehead atoms. The summed E-state index contributed by atoms with van der Waals surface area (Å²) in [4.78, 5) is 22.0. The number of anilines is 1. The van der Waals surface area contributed by atoms with Gasteiger partial charge in [0.15, 0.2) is 0 Å². The Balaban J connectivity index is 1.79. The number of non-ortho nitro benzene ring substituents is 1. The molecule has 0 radical (unpaired) electrons. The normalized spacial score (nSPS) is 11.1. The van der Waals surface area contributed by atoms with Crippen molar-refractivity contribution in [3.05, 3.63) is 69.8 Å². The standard InChI is InChI=1S/C17H16F3N3O4/c18-17(19,20)11-27-10-13-6-4-12(5-7-13)9-21-16(24)22-14-2-1-3-15(8-14)23(25)26/h1-8H,9-11H2,(H2,21,22,24). The molecule has 0 saturated carbocycles. The number of nitrogens with zero attached hydrogens (tertiary/aromatic N) is 1. The summed E-state index contributed by atoms with van der Waals surface area (Å²) in [6, 6.07) is 11.5. The van der Waals surface area contributed by atoms with Gasteiger partial charge >= 0.3 is 12.2 Å². The van der Waals surface area contributed by atoms with Crippen molar-refractivity contribution >= 4 is 17.4 Å². The molecule has 27 heavy (non-hydrogen) atoms. The Bertz CT molecular complexity index is 795. The molecule has 0 fully saturated rings. The third-order valence-corrected chi connectivity index (χ3v) is 3.33. The number of benzene rings is 2. The van der Waals surface area contributed by atoms with Gasteiger partial charge in [-0.1, -0.05) is 30.3 Å². The Labute approximate surface area is 152 Å². The highest BCUT2D eigenvalue weighted by Crippen LogP contribution is 2.17. The second-order valence-electron chi connectivity index (χ2n) is 5.54. The lowest BCUT2D eigenvalue weighted by Crippen LogP contribution is -2.28. The van der Waals surface area contributed by atoms with E-state index in [1.54, 1.807) is 24.3 Å². The molecule has 0 heterocycles. The number of nitrogens with one attached hydrogen (secondary N) is 2. The van der Waals surface area contributed by atoms with Crippen LogP contribution < -0.4 is 10.6 Å². The SMILES string of the molecule is O=C(NCc1ccc(COCC(F)(F)F)cc1)Nc1cccc([N+](=O)[O-])c1. The summed E-state index contributed by atoms with van der Waals surface area (Å²) >= 11 is 0. The topological polar surface area (TPSA) is 93.5 Å². The van der Waals surface area contributed by atoms with Crippen LogP contribution in [-0.2, 0) is 17.9 Å². The monoisotopic (exact) mass is 383 g/mol. The lowest BCUT2D eigenvalue weighted by molar-refractivity contribution is -0.384. The average molecular weight is 383 g/mol. The molecule has 0 unspecified atom stereocenters. The Hall–Kier alpha value is -3.14. The van der Waals surface area contributed by atoms with Gasteiger partial charge in [-0.25, -0.2) is 4.79 Å². The fraction of sp³-hybridized carbons (Fsp3) is 0.235. The van der Waals surface area contributed by atoms with E-state index in [0.29, 0.717) is 5.56 Å². The molecule has 0 saturated heterocycles. The van der Waals surface area contributed by atoms with E-state index in [9.17, 15) is 28.1 Å². The molecule has 0 spiro atoms. The number of rotatable bonds is 7. The highest BCUT2D eigenvalue weighted by atomic mass is 19.4. The summed E-state index contributed by atoms with van der Waals surface area (Å²) in [6.45, 7) is -1.31. The van der Waals surface area contributed by atoms with Crippen molar-refractivity contribution in [1.29, 1.82) is 0 Å². The van der Waals surface area contributed by atoms with E-state index in [1.165, 1.54) is 24.3 Å². The van der Waals surface area contributed by atoms with Crippen LogP contribution in [0.4, 0.5) is 29.3 Å². The second kappa shape index (κ2) is 8.99. The minimum Gasteiger partial charge on any atom is -0.367 e. The Morgan fingerprint density at radius 2 is 1.78 bits per heavy atom. The number of nitro groups is 1. The van der Waals surface area contributed by atoms with Gasteiger partial charge in [0.1, 0.15) is 6.61 Å². The van der Waals surface area contributed by atoms with E-state index < -0.39 is 23.7 Å². The number of nitro benzene ring substituents is 1. The molecule has 2 rings (SSSR count). The second-order valence-corrected chi connectivity index (χ2v) is 5.54. The van der Waals surface area contributed by atoms with E-state index in [2.05, 4.69) is 15.4 Å². The molecule has 0 aromatic heterocycles. The van der Waals surface area contributed by atoms with Crippen molar-refractivity contribution < 1.29 is 27.6 Å². The van der Waals surface area contributed by atoms with Crippen molar-refractivity contribution in [2.75, 3.05) is 11.9 Å². The first kappa shape index (κ1) is 20.2. The van der Waals surface area contributed by atoms with Crippen LogP contribution in [0.25, 0.3) is 0 Å². The molecule has 144 valence electrons. The smallest absolute Gasteiger partial charge is 0.367 e. The summed E-state index contributed by atoms with van der Waals surface area (Å²) in [7, 11) is 0. The zero-order valence-corrected chi connectivity index (χ0v) is 14.0.